The summed E-state index contributed by atoms with van der Waals surface area (Å²) in [5, 5.41) is 4.20. The molecule has 3 rings (SSSR count). The quantitative estimate of drug-likeness (QED) is 0.601. The normalized spacial score (nSPS) is 11.4. The van der Waals surface area contributed by atoms with Crippen molar-refractivity contribution < 1.29 is 22.3 Å². The first-order valence-electron chi connectivity index (χ1n) is 8.15. The molecule has 146 valence electrons. The molecule has 10 heteroatoms. The van der Waals surface area contributed by atoms with Crippen LogP contribution in [0.4, 0.5) is 17.6 Å². The van der Waals surface area contributed by atoms with Gasteiger partial charge in [0.25, 0.3) is 5.56 Å². The van der Waals surface area contributed by atoms with Crippen LogP contribution in [0.5, 0.6) is 6.01 Å². The largest absolute Gasteiger partial charge is 0.463 e. The van der Waals surface area contributed by atoms with Crippen molar-refractivity contribution >= 4 is 0 Å². The summed E-state index contributed by atoms with van der Waals surface area (Å²) in [7, 11) is 0. The summed E-state index contributed by atoms with van der Waals surface area (Å²) < 4.78 is 55.7. The van der Waals surface area contributed by atoms with E-state index < -0.39 is 25.0 Å². The predicted molar refractivity (Wildman–Crippen MR) is 91.2 cm³/mol. The zero-order valence-electron chi connectivity index (χ0n) is 14.4. The van der Waals surface area contributed by atoms with Crippen molar-refractivity contribution in [1.29, 1.82) is 0 Å². The van der Waals surface area contributed by atoms with Gasteiger partial charge in [-0.3, -0.25) is 4.79 Å². The molecule has 0 radical (unpaired) electrons. The van der Waals surface area contributed by atoms with E-state index in [0.717, 1.165) is 4.68 Å². The van der Waals surface area contributed by atoms with Crippen LogP contribution in [0.1, 0.15) is 12.0 Å². The molecule has 0 unspecified atom stereocenters. The number of halogens is 4. The summed E-state index contributed by atoms with van der Waals surface area (Å²) in [5.41, 5.74) is 1.01. The Morgan fingerprint density at radius 3 is 2.50 bits per heavy atom. The number of hydrogen-bond acceptors (Lipinski definition) is 5. The Hall–Kier alpha value is -3.30. The number of rotatable bonds is 6. The molecule has 0 N–H and O–H groups in total. The minimum atomic E-state index is -4.32. The number of aromatic nitrogens is 4. The second-order valence-electron chi connectivity index (χ2n) is 5.81. The van der Waals surface area contributed by atoms with Crippen LogP contribution in [-0.2, 0) is 6.54 Å². The van der Waals surface area contributed by atoms with Gasteiger partial charge in [-0.25, -0.2) is 19.0 Å². The third-order valence-corrected chi connectivity index (χ3v) is 3.63. The highest BCUT2D eigenvalue weighted by Gasteiger charge is 2.27. The molecular formula is C18H14F4N4O2. The molecular weight excluding hydrogens is 380 g/mol. The van der Waals surface area contributed by atoms with E-state index in [2.05, 4.69) is 15.1 Å². The average Bonchev–Trinajstić information content (AvgIpc) is 2.63. The molecule has 0 aliphatic carbocycles. The summed E-state index contributed by atoms with van der Waals surface area (Å²) in [6.45, 7) is -0.510. The fraction of sp³-hybridized carbons (Fsp3) is 0.222. The van der Waals surface area contributed by atoms with Gasteiger partial charge in [-0.2, -0.15) is 18.3 Å². The van der Waals surface area contributed by atoms with Gasteiger partial charge in [-0.1, -0.05) is 12.1 Å². The summed E-state index contributed by atoms with van der Waals surface area (Å²) in [6, 6.07) is 8.37. The van der Waals surface area contributed by atoms with Gasteiger partial charge in [-0.15, -0.1) is 0 Å². The molecule has 0 saturated carbocycles. The lowest BCUT2D eigenvalue weighted by molar-refractivity contribution is -0.139. The van der Waals surface area contributed by atoms with Gasteiger partial charge in [0.15, 0.2) is 0 Å². The third-order valence-electron chi connectivity index (χ3n) is 3.63. The summed E-state index contributed by atoms with van der Waals surface area (Å²) >= 11 is 0. The van der Waals surface area contributed by atoms with E-state index in [0.29, 0.717) is 16.8 Å². The van der Waals surface area contributed by atoms with E-state index in [-0.39, 0.29) is 18.1 Å². The second kappa shape index (κ2) is 8.15. The first-order chi connectivity index (χ1) is 13.3. The van der Waals surface area contributed by atoms with Gasteiger partial charge < -0.3 is 4.74 Å². The monoisotopic (exact) mass is 394 g/mol. The Bertz CT molecular complexity index is 1000. The molecule has 0 bridgehead atoms. The standard InChI is InChI=1S/C18H14F4N4O2/c19-14-3-1-2-12(8-14)11-26-16(27)5-4-15(25-26)13-9-23-17(24-10-13)28-7-6-18(20,21)22/h1-5,8-10H,6-7,11H2. The van der Waals surface area contributed by atoms with Crippen LogP contribution >= 0.6 is 0 Å². The van der Waals surface area contributed by atoms with E-state index in [1.54, 1.807) is 6.07 Å². The molecule has 28 heavy (non-hydrogen) atoms. The topological polar surface area (TPSA) is 69.9 Å². The second-order valence-corrected chi connectivity index (χ2v) is 5.81. The van der Waals surface area contributed by atoms with E-state index >= 15 is 0 Å². The molecule has 2 heterocycles. The molecule has 0 amide bonds. The van der Waals surface area contributed by atoms with Crippen LogP contribution in [0.2, 0.25) is 0 Å². The van der Waals surface area contributed by atoms with Crippen LogP contribution in [0.15, 0.2) is 53.6 Å². The highest BCUT2D eigenvalue weighted by Crippen LogP contribution is 2.20. The maximum absolute atomic E-state index is 13.3. The van der Waals surface area contributed by atoms with Gasteiger partial charge in [0, 0.05) is 24.0 Å². The van der Waals surface area contributed by atoms with Crippen molar-refractivity contribution in [1.82, 2.24) is 19.7 Å². The Labute approximate surface area is 156 Å². The van der Waals surface area contributed by atoms with E-state index in [9.17, 15) is 22.4 Å². The smallest absolute Gasteiger partial charge is 0.392 e. The highest BCUT2D eigenvalue weighted by atomic mass is 19.4. The molecule has 0 fully saturated rings. The van der Waals surface area contributed by atoms with Gasteiger partial charge >= 0.3 is 12.2 Å². The Balaban J connectivity index is 1.74. The maximum Gasteiger partial charge on any atom is 0.392 e. The minimum Gasteiger partial charge on any atom is -0.463 e. The lowest BCUT2D eigenvalue weighted by Crippen LogP contribution is -2.22. The molecule has 0 saturated heterocycles. The lowest BCUT2D eigenvalue weighted by Gasteiger charge is -2.09. The molecule has 1 aromatic carbocycles. The number of ether oxygens (including phenoxy) is 1. The van der Waals surface area contributed by atoms with Gasteiger partial charge in [0.2, 0.25) is 0 Å². The van der Waals surface area contributed by atoms with Crippen LogP contribution < -0.4 is 10.3 Å². The van der Waals surface area contributed by atoms with Gasteiger partial charge in [0.05, 0.1) is 18.7 Å². The highest BCUT2D eigenvalue weighted by molar-refractivity contribution is 5.55. The fourth-order valence-electron chi connectivity index (χ4n) is 2.31. The molecule has 2 aromatic heterocycles. The van der Waals surface area contributed by atoms with Gasteiger partial charge in [-0.05, 0) is 23.8 Å². The number of benzene rings is 1. The van der Waals surface area contributed by atoms with Crippen molar-refractivity contribution in [2.45, 2.75) is 19.1 Å². The molecule has 0 atom stereocenters. The summed E-state index contributed by atoms with van der Waals surface area (Å²) in [4.78, 5) is 19.7. The Kier molecular flexibility index (Phi) is 5.67. The van der Waals surface area contributed by atoms with Crippen molar-refractivity contribution in [2.24, 2.45) is 0 Å². The van der Waals surface area contributed by atoms with E-state index in [4.69, 9.17) is 4.74 Å². The third kappa shape index (κ3) is 5.35. The predicted octanol–water partition coefficient (Wildman–Crippen LogP) is 3.22. The zero-order chi connectivity index (χ0) is 20.1. The van der Waals surface area contributed by atoms with Gasteiger partial charge in [0.1, 0.15) is 12.4 Å². The Morgan fingerprint density at radius 1 is 1.07 bits per heavy atom. The number of hydrogen-bond donors (Lipinski definition) is 0. The van der Waals surface area contributed by atoms with Crippen LogP contribution in [0.3, 0.4) is 0 Å². The summed E-state index contributed by atoms with van der Waals surface area (Å²) in [5.74, 6) is -0.420. The number of nitrogens with zero attached hydrogens (tertiary/aromatic N) is 4. The van der Waals surface area contributed by atoms with E-state index in [1.165, 1.54) is 42.7 Å². The molecule has 0 aliphatic rings. The SMILES string of the molecule is O=c1ccc(-c2cnc(OCCC(F)(F)F)nc2)nn1Cc1cccc(F)c1. The zero-order valence-corrected chi connectivity index (χ0v) is 14.4. The minimum absolute atomic E-state index is 0.0733. The summed E-state index contributed by atoms with van der Waals surface area (Å²) in [6.07, 6.45) is -2.77. The van der Waals surface area contributed by atoms with Crippen molar-refractivity contribution in [3.05, 3.63) is 70.5 Å². The average molecular weight is 394 g/mol. The molecule has 0 aliphatic heterocycles. The van der Waals surface area contributed by atoms with Crippen molar-refractivity contribution in [3.63, 3.8) is 0 Å². The molecule has 0 spiro atoms. The van der Waals surface area contributed by atoms with Crippen LogP contribution in [0.25, 0.3) is 11.3 Å². The first-order valence-corrected chi connectivity index (χ1v) is 8.15. The van der Waals surface area contributed by atoms with Crippen LogP contribution in [-0.4, -0.2) is 32.5 Å². The number of alkyl halides is 3. The molecule has 6 nitrogen and oxygen atoms in total. The maximum atomic E-state index is 13.3. The molecule has 3 aromatic rings. The first kappa shape index (κ1) is 19.5. The van der Waals surface area contributed by atoms with Crippen molar-refractivity contribution in [3.8, 4) is 17.3 Å². The lowest BCUT2D eigenvalue weighted by atomic mass is 10.2. The van der Waals surface area contributed by atoms with Crippen molar-refractivity contribution in [2.75, 3.05) is 6.61 Å². The Morgan fingerprint density at radius 2 is 1.82 bits per heavy atom. The fourth-order valence-corrected chi connectivity index (χ4v) is 2.31. The van der Waals surface area contributed by atoms with E-state index in [1.807, 2.05) is 0 Å². The van der Waals surface area contributed by atoms with Crippen LogP contribution in [0, 0.1) is 5.82 Å².